The van der Waals surface area contributed by atoms with E-state index < -0.39 is 24.7 Å². The van der Waals surface area contributed by atoms with Crippen LogP contribution in [0.3, 0.4) is 0 Å². The van der Waals surface area contributed by atoms with E-state index in [2.05, 4.69) is 15.0 Å². The second kappa shape index (κ2) is 7.78. The Morgan fingerprint density at radius 3 is 2.54 bits per heavy atom. The lowest BCUT2D eigenvalue weighted by molar-refractivity contribution is -0.153. The molecule has 1 atom stereocenters. The molecule has 8 heteroatoms. The highest BCUT2D eigenvalue weighted by Gasteiger charge is 2.29. The van der Waals surface area contributed by atoms with E-state index in [9.17, 15) is 23.1 Å². The lowest BCUT2D eigenvalue weighted by Gasteiger charge is -2.18. The lowest BCUT2D eigenvalue weighted by atomic mass is 10.1. The summed E-state index contributed by atoms with van der Waals surface area (Å²) in [4.78, 5) is 16.1. The number of aliphatic hydroxyl groups is 1. The number of nitrogens with zero attached hydrogens (tertiary/aromatic N) is 1. The van der Waals surface area contributed by atoms with Gasteiger partial charge in [0.1, 0.15) is 0 Å². The first-order chi connectivity index (χ1) is 11.4. The first-order valence-electron chi connectivity index (χ1n) is 7.02. The predicted octanol–water partition coefficient (Wildman–Crippen LogP) is 2.49. The maximum atomic E-state index is 12.3. The molecular weight excluding hydrogens is 325 g/mol. The Hall–Kier alpha value is -2.61. The number of hydrogen-bond acceptors (Lipinski definition) is 4. The molecule has 0 saturated heterocycles. The van der Waals surface area contributed by atoms with E-state index >= 15 is 0 Å². The van der Waals surface area contributed by atoms with Crippen molar-refractivity contribution in [3.63, 3.8) is 0 Å². The van der Waals surface area contributed by atoms with Crippen molar-refractivity contribution in [2.45, 2.75) is 12.2 Å². The quantitative estimate of drug-likeness (QED) is 0.848. The Balaban J connectivity index is 2.14. The number of pyridine rings is 1. The summed E-state index contributed by atoms with van der Waals surface area (Å²) in [6, 6.07) is 10.6. The minimum absolute atomic E-state index is 0.280. The van der Waals surface area contributed by atoms with Crippen LogP contribution in [0.5, 0.6) is 5.75 Å². The Kier molecular flexibility index (Phi) is 5.75. The van der Waals surface area contributed by atoms with Crippen molar-refractivity contribution in [2.24, 2.45) is 0 Å². The molecule has 1 aromatic carbocycles. The minimum Gasteiger partial charge on any atom is -0.482 e. The summed E-state index contributed by atoms with van der Waals surface area (Å²) in [5, 5.41) is 12.0. The number of nitrogens with one attached hydrogen (secondary N) is 1. The zero-order valence-corrected chi connectivity index (χ0v) is 12.5. The molecule has 5 nitrogen and oxygen atoms in total. The molecule has 24 heavy (non-hydrogen) atoms. The molecular formula is C16H15F3N2O3. The molecule has 128 valence electrons. The normalized spacial score (nSPS) is 12.5. The van der Waals surface area contributed by atoms with Crippen LogP contribution in [0.15, 0.2) is 48.7 Å². The highest BCUT2D eigenvalue weighted by molar-refractivity contribution is 5.95. The highest BCUT2D eigenvalue weighted by Crippen LogP contribution is 2.21. The van der Waals surface area contributed by atoms with Gasteiger partial charge in [0.05, 0.1) is 12.6 Å². The van der Waals surface area contributed by atoms with Gasteiger partial charge in [-0.2, -0.15) is 13.2 Å². The van der Waals surface area contributed by atoms with Gasteiger partial charge in [-0.05, 0) is 17.7 Å². The van der Waals surface area contributed by atoms with Crippen LogP contribution in [0.4, 0.5) is 13.2 Å². The Bertz CT molecular complexity index is 678. The Labute approximate surface area is 136 Å². The third-order valence-corrected chi connectivity index (χ3v) is 3.07. The van der Waals surface area contributed by atoms with E-state index in [0.29, 0.717) is 5.56 Å². The number of carbonyl (C=O) groups excluding carboxylic acids is 1. The number of aromatic nitrogens is 1. The summed E-state index contributed by atoms with van der Waals surface area (Å²) in [5.41, 5.74) is 0.373. The predicted molar refractivity (Wildman–Crippen MR) is 79.5 cm³/mol. The SMILES string of the molecule is O=C(N[C@H](CO)c1ccccc1)c1ncccc1OCC(F)(F)F. The van der Waals surface area contributed by atoms with Gasteiger partial charge in [-0.3, -0.25) is 4.79 Å². The van der Waals surface area contributed by atoms with Crippen molar-refractivity contribution in [1.82, 2.24) is 10.3 Å². The second-order valence-electron chi connectivity index (χ2n) is 4.87. The molecule has 2 N–H and O–H groups in total. The molecule has 2 rings (SSSR count). The fraction of sp³-hybridized carbons (Fsp3) is 0.250. The van der Waals surface area contributed by atoms with Gasteiger partial charge in [0.15, 0.2) is 18.1 Å². The van der Waals surface area contributed by atoms with E-state index in [0.717, 1.165) is 0 Å². The van der Waals surface area contributed by atoms with Crippen molar-refractivity contribution in [2.75, 3.05) is 13.2 Å². The summed E-state index contributed by atoms with van der Waals surface area (Å²) < 4.78 is 41.5. The Morgan fingerprint density at radius 2 is 1.92 bits per heavy atom. The zero-order chi connectivity index (χ0) is 17.6. The molecule has 0 aliphatic carbocycles. The van der Waals surface area contributed by atoms with Crippen LogP contribution in [-0.2, 0) is 0 Å². The maximum Gasteiger partial charge on any atom is 0.422 e. The standard InChI is InChI=1S/C16H15F3N2O3/c17-16(18,19)10-24-13-7-4-8-20-14(13)15(23)21-12(9-22)11-5-2-1-3-6-11/h1-8,12,22H,9-10H2,(H,21,23)/t12-/m1/s1. The average Bonchev–Trinajstić information content (AvgIpc) is 2.58. The first-order valence-corrected chi connectivity index (χ1v) is 7.02. The van der Waals surface area contributed by atoms with Crippen LogP contribution in [0.1, 0.15) is 22.1 Å². The molecule has 0 unspecified atom stereocenters. The van der Waals surface area contributed by atoms with Crippen molar-refractivity contribution in [1.29, 1.82) is 0 Å². The Morgan fingerprint density at radius 1 is 1.21 bits per heavy atom. The number of alkyl halides is 3. The van der Waals surface area contributed by atoms with E-state index in [1.165, 1.54) is 18.3 Å². The van der Waals surface area contributed by atoms with Crippen LogP contribution in [0, 0.1) is 0 Å². The van der Waals surface area contributed by atoms with Crippen molar-refractivity contribution in [3.8, 4) is 5.75 Å². The number of aliphatic hydroxyl groups excluding tert-OH is 1. The molecule has 0 radical (unpaired) electrons. The molecule has 1 heterocycles. The molecule has 2 aromatic rings. The van der Waals surface area contributed by atoms with Gasteiger partial charge in [-0.25, -0.2) is 4.98 Å². The van der Waals surface area contributed by atoms with Crippen LogP contribution >= 0.6 is 0 Å². The zero-order valence-electron chi connectivity index (χ0n) is 12.5. The summed E-state index contributed by atoms with van der Waals surface area (Å²) in [7, 11) is 0. The molecule has 1 aromatic heterocycles. The molecule has 1 amide bonds. The number of hydrogen-bond donors (Lipinski definition) is 2. The van der Waals surface area contributed by atoms with Gasteiger partial charge >= 0.3 is 6.18 Å². The summed E-state index contributed by atoms with van der Waals surface area (Å²) in [6.07, 6.45) is -3.26. The van der Waals surface area contributed by atoms with Crippen molar-refractivity contribution in [3.05, 3.63) is 59.9 Å². The summed E-state index contributed by atoms with van der Waals surface area (Å²) >= 11 is 0. The summed E-state index contributed by atoms with van der Waals surface area (Å²) in [6.45, 7) is -1.90. The molecule has 0 saturated carbocycles. The topological polar surface area (TPSA) is 71.5 Å². The number of amides is 1. The van der Waals surface area contributed by atoms with Crippen LogP contribution < -0.4 is 10.1 Å². The van der Waals surface area contributed by atoms with Crippen LogP contribution in [-0.4, -0.2) is 35.4 Å². The molecule has 0 bridgehead atoms. The number of halogens is 3. The first kappa shape index (κ1) is 17.7. The smallest absolute Gasteiger partial charge is 0.422 e. The fourth-order valence-electron chi connectivity index (χ4n) is 1.98. The summed E-state index contributed by atoms with van der Waals surface area (Å²) in [5.74, 6) is -1.02. The molecule has 0 aliphatic heterocycles. The minimum atomic E-state index is -4.53. The van der Waals surface area contributed by atoms with Gasteiger partial charge in [-0.15, -0.1) is 0 Å². The third-order valence-electron chi connectivity index (χ3n) is 3.07. The monoisotopic (exact) mass is 340 g/mol. The van der Waals surface area contributed by atoms with Crippen molar-refractivity contribution >= 4 is 5.91 Å². The number of ether oxygens (including phenoxy) is 1. The average molecular weight is 340 g/mol. The number of benzene rings is 1. The van der Waals surface area contributed by atoms with E-state index in [4.69, 9.17) is 0 Å². The van der Waals surface area contributed by atoms with E-state index in [1.54, 1.807) is 30.3 Å². The highest BCUT2D eigenvalue weighted by atomic mass is 19.4. The third kappa shape index (κ3) is 4.95. The van der Waals surface area contributed by atoms with E-state index in [-0.39, 0.29) is 18.1 Å². The van der Waals surface area contributed by atoms with Gasteiger partial charge in [0.25, 0.3) is 5.91 Å². The maximum absolute atomic E-state index is 12.3. The van der Waals surface area contributed by atoms with Crippen LogP contribution in [0.2, 0.25) is 0 Å². The van der Waals surface area contributed by atoms with Crippen LogP contribution in [0.25, 0.3) is 0 Å². The number of rotatable bonds is 6. The van der Waals surface area contributed by atoms with E-state index in [1.807, 2.05) is 0 Å². The molecule has 0 aliphatic rings. The number of carbonyl (C=O) groups is 1. The largest absolute Gasteiger partial charge is 0.482 e. The molecule has 0 fully saturated rings. The van der Waals surface area contributed by atoms with Crippen molar-refractivity contribution < 1.29 is 27.8 Å². The van der Waals surface area contributed by atoms with Gasteiger partial charge in [-0.1, -0.05) is 30.3 Å². The van der Waals surface area contributed by atoms with Gasteiger partial charge in [0.2, 0.25) is 0 Å². The second-order valence-corrected chi connectivity index (χ2v) is 4.87. The van der Waals surface area contributed by atoms with Gasteiger partial charge < -0.3 is 15.2 Å². The fourth-order valence-corrected chi connectivity index (χ4v) is 1.98. The lowest BCUT2D eigenvalue weighted by Crippen LogP contribution is -2.32. The molecule has 0 spiro atoms. The van der Waals surface area contributed by atoms with Gasteiger partial charge in [0, 0.05) is 6.20 Å².